The van der Waals surface area contributed by atoms with E-state index in [1.807, 2.05) is 30.3 Å². The lowest BCUT2D eigenvalue weighted by molar-refractivity contribution is 0.765. The summed E-state index contributed by atoms with van der Waals surface area (Å²) in [4.78, 5) is 3.98. The number of pyridine rings is 1. The number of hydrogen-bond donors (Lipinski definition) is 0. The Morgan fingerprint density at radius 2 is 1.83 bits per heavy atom. The second kappa shape index (κ2) is 6.42. The third kappa shape index (κ3) is 3.17. The standard InChI is InChI=1S/C14H12Cl3N/c15-8-11(12-3-1-2-4-13(12)16)7-10-5-6-18-9-14(10)17/h1-6,9,11H,7-8H2. The summed E-state index contributed by atoms with van der Waals surface area (Å²) in [5.74, 6) is 0.655. The summed E-state index contributed by atoms with van der Waals surface area (Å²) in [5.41, 5.74) is 2.10. The second-order valence-electron chi connectivity index (χ2n) is 4.04. The van der Waals surface area contributed by atoms with Crippen molar-refractivity contribution in [2.75, 3.05) is 5.88 Å². The lowest BCUT2D eigenvalue weighted by Gasteiger charge is -2.16. The maximum atomic E-state index is 6.20. The van der Waals surface area contributed by atoms with Crippen molar-refractivity contribution in [1.82, 2.24) is 4.98 Å². The van der Waals surface area contributed by atoms with E-state index in [9.17, 15) is 0 Å². The largest absolute Gasteiger partial charge is 0.263 e. The number of alkyl halides is 1. The third-order valence-corrected chi connectivity index (χ3v) is 3.91. The molecule has 0 aliphatic carbocycles. The molecule has 4 heteroatoms. The second-order valence-corrected chi connectivity index (χ2v) is 5.17. The quantitative estimate of drug-likeness (QED) is 0.728. The van der Waals surface area contributed by atoms with Crippen LogP contribution in [-0.4, -0.2) is 10.9 Å². The normalized spacial score (nSPS) is 12.4. The lowest BCUT2D eigenvalue weighted by atomic mass is 9.94. The smallest absolute Gasteiger partial charge is 0.0621 e. The fourth-order valence-electron chi connectivity index (χ4n) is 1.89. The summed E-state index contributed by atoms with van der Waals surface area (Å²) in [6, 6.07) is 9.68. The number of rotatable bonds is 4. The molecule has 1 aromatic carbocycles. The Labute approximate surface area is 122 Å². The molecule has 1 atom stereocenters. The van der Waals surface area contributed by atoms with Gasteiger partial charge in [0.05, 0.1) is 5.02 Å². The molecule has 0 bridgehead atoms. The van der Waals surface area contributed by atoms with Crippen LogP contribution in [0.1, 0.15) is 17.0 Å². The minimum atomic E-state index is 0.153. The van der Waals surface area contributed by atoms with Gasteiger partial charge in [-0.3, -0.25) is 4.98 Å². The van der Waals surface area contributed by atoms with Crippen LogP contribution in [0.5, 0.6) is 0 Å². The first-order valence-electron chi connectivity index (χ1n) is 5.61. The van der Waals surface area contributed by atoms with Crippen molar-refractivity contribution in [3.8, 4) is 0 Å². The van der Waals surface area contributed by atoms with Gasteiger partial charge in [0.1, 0.15) is 0 Å². The van der Waals surface area contributed by atoms with Crippen molar-refractivity contribution in [1.29, 1.82) is 0 Å². The van der Waals surface area contributed by atoms with Crippen LogP contribution in [-0.2, 0) is 6.42 Å². The predicted octanol–water partition coefficient (Wildman–Crippen LogP) is 4.95. The van der Waals surface area contributed by atoms with E-state index >= 15 is 0 Å². The van der Waals surface area contributed by atoms with Gasteiger partial charge in [-0.05, 0) is 29.7 Å². The lowest BCUT2D eigenvalue weighted by Crippen LogP contribution is -2.06. The Kier molecular flexibility index (Phi) is 4.87. The average Bonchev–Trinajstić information content (AvgIpc) is 2.39. The van der Waals surface area contributed by atoms with Crippen molar-refractivity contribution in [2.24, 2.45) is 0 Å². The molecule has 0 spiro atoms. The highest BCUT2D eigenvalue weighted by Crippen LogP contribution is 2.30. The van der Waals surface area contributed by atoms with E-state index in [1.54, 1.807) is 12.4 Å². The number of halogens is 3. The molecule has 18 heavy (non-hydrogen) atoms. The maximum Gasteiger partial charge on any atom is 0.0621 e. The third-order valence-electron chi connectivity index (χ3n) is 2.85. The predicted molar refractivity (Wildman–Crippen MR) is 77.9 cm³/mol. The molecule has 0 N–H and O–H groups in total. The van der Waals surface area contributed by atoms with Crippen LogP contribution in [0, 0.1) is 0 Å². The summed E-state index contributed by atoms with van der Waals surface area (Å²) < 4.78 is 0. The Bertz CT molecular complexity index is 528. The van der Waals surface area contributed by atoms with Gasteiger partial charge in [0.2, 0.25) is 0 Å². The zero-order chi connectivity index (χ0) is 13.0. The highest BCUT2D eigenvalue weighted by atomic mass is 35.5. The molecule has 0 aliphatic heterocycles. The number of nitrogens with zero attached hydrogens (tertiary/aromatic N) is 1. The first-order valence-corrected chi connectivity index (χ1v) is 6.90. The molecule has 0 saturated heterocycles. The minimum absolute atomic E-state index is 0.153. The Morgan fingerprint density at radius 3 is 2.50 bits per heavy atom. The van der Waals surface area contributed by atoms with Gasteiger partial charge in [0.15, 0.2) is 0 Å². The summed E-state index contributed by atoms with van der Waals surface area (Å²) >= 11 is 18.4. The van der Waals surface area contributed by atoms with E-state index in [4.69, 9.17) is 34.8 Å². The van der Waals surface area contributed by atoms with Crippen LogP contribution in [0.4, 0.5) is 0 Å². The molecule has 0 radical (unpaired) electrons. The number of aromatic nitrogens is 1. The van der Waals surface area contributed by atoms with E-state index < -0.39 is 0 Å². The zero-order valence-corrected chi connectivity index (χ0v) is 11.9. The van der Waals surface area contributed by atoms with Gasteiger partial charge in [-0.25, -0.2) is 0 Å². The number of hydrogen-bond acceptors (Lipinski definition) is 1. The van der Waals surface area contributed by atoms with E-state index in [2.05, 4.69) is 4.98 Å². The van der Waals surface area contributed by atoms with Gasteiger partial charge in [-0.2, -0.15) is 0 Å². The van der Waals surface area contributed by atoms with Crippen LogP contribution in [0.25, 0.3) is 0 Å². The summed E-state index contributed by atoms with van der Waals surface area (Å²) in [6.07, 6.45) is 4.14. The molecule has 1 aromatic heterocycles. The first-order chi connectivity index (χ1) is 8.72. The molecular weight excluding hydrogens is 289 g/mol. The Hall–Kier alpha value is -0.760. The van der Waals surface area contributed by atoms with Crippen molar-refractivity contribution in [3.05, 3.63) is 63.9 Å². The van der Waals surface area contributed by atoms with Crippen LogP contribution in [0.2, 0.25) is 10.0 Å². The molecule has 2 rings (SSSR count). The molecule has 2 aromatic rings. The van der Waals surface area contributed by atoms with Crippen molar-refractivity contribution >= 4 is 34.8 Å². The highest BCUT2D eigenvalue weighted by molar-refractivity contribution is 6.32. The van der Waals surface area contributed by atoms with E-state index in [0.717, 1.165) is 22.6 Å². The van der Waals surface area contributed by atoms with Crippen molar-refractivity contribution in [2.45, 2.75) is 12.3 Å². The molecule has 94 valence electrons. The Morgan fingerprint density at radius 1 is 1.06 bits per heavy atom. The highest BCUT2D eigenvalue weighted by Gasteiger charge is 2.15. The van der Waals surface area contributed by atoms with E-state index in [1.165, 1.54) is 0 Å². The molecule has 1 nitrogen and oxygen atoms in total. The number of benzene rings is 1. The summed E-state index contributed by atoms with van der Waals surface area (Å²) in [6.45, 7) is 0. The van der Waals surface area contributed by atoms with Gasteiger partial charge in [0, 0.05) is 29.2 Å². The fourth-order valence-corrected chi connectivity index (χ4v) is 2.65. The fraction of sp³-hybridized carbons (Fsp3) is 0.214. The van der Waals surface area contributed by atoms with Gasteiger partial charge in [0.25, 0.3) is 0 Å². The summed E-state index contributed by atoms with van der Waals surface area (Å²) in [7, 11) is 0. The molecule has 1 unspecified atom stereocenters. The van der Waals surface area contributed by atoms with E-state index in [0.29, 0.717) is 10.9 Å². The van der Waals surface area contributed by atoms with Crippen LogP contribution >= 0.6 is 34.8 Å². The van der Waals surface area contributed by atoms with E-state index in [-0.39, 0.29) is 5.92 Å². The van der Waals surface area contributed by atoms with Gasteiger partial charge < -0.3 is 0 Å². The Balaban J connectivity index is 2.26. The van der Waals surface area contributed by atoms with Crippen LogP contribution in [0.3, 0.4) is 0 Å². The molecule has 1 heterocycles. The van der Waals surface area contributed by atoms with Crippen molar-refractivity contribution in [3.63, 3.8) is 0 Å². The summed E-state index contributed by atoms with van der Waals surface area (Å²) in [5, 5.41) is 1.41. The molecular formula is C14H12Cl3N. The van der Waals surface area contributed by atoms with Crippen molar-refractivity contribution < 1.29 is 0 Å². The average molecular weight is 301 g/mol. The molecule has 0 fully saturated rings. The minimum Gasteiger partial charge on any atom is -0.263 e. The molecule has 0 saturated carbocycles. The molecule has 0 aliphatic rings. The maximum absolute atomic E-state index is 6.20. The molecule has 0 amide bonds. The van der Waals surface area contributed by atoms with Gasteiger partial charge in [-0.1, -0.05) is 41.4 Å². The van der Waals surface area contributed by atoms with Gasteiger partial charge in [-0.15, -0.1) is 11.6 Å². The first kappa shape index (κ1) is 13.7. The van der Waals surface area contributed by atoms with Crippen LogP contribution in [0.15, 0.2) is 42.7 Å². The monoisotopic (exact) mass is 299 g/mol. The SMILES string of the molecule is ClCC(Cc1ccncc1Cl)c1ccccc1Cl. The van der Waals surface area contributed by atoms with Gasteiger partial charge >= 0.3 is 0 Å². The topological polar surface area (TPSA) is 12.9 Å². The van der Waals surface area contributed by atoms with Crippen LogP contribution < -0.4 is 0 Å². The zero-order valence-electron chi connectivity index (χ0n) is 9.61.